The van der Waals surface area contributed by atoms with Gasteiger partial charge in [0.15, 0.2) is 4.80 Å². The standard InChI is InChI=1S/C18H15BrClN3O4S/c1-2-27-8-7-22-15-6-3-11(19)9-16(15)28-18(22)21-17(24)13-10-12(23(25)26)4-5-14(13)20/h3-6,9-10H,2,7-8H2,1H3. The van der Waals surface area contributed by atoms with Gasteiger partial charge in [-0.2, -0.15) is 4.99 Å². The summed E-state index contributed by atoms with van der Waals surface area (Å²) in [7, 11) is 0. The van der Waals surface area contributed by atoms with Crippen LogP contribution in [0.4, 0.5) is 5.69 Å². The first-order valence-electron chi connectivity index (χ1n) is 8.30. The van der Waals surface area contributed by atoms with Gasteiger partial charge in [-0.3, -0.25) is 14.9 Å². The molecule has 0 aliphatic rings. The Balaban J connectivity index is 2.10. The van der Waals surface area contributed by atoms with Crippen LogP contribution in [0.25, 0.3) is 10.2 Å². The van der Waals surface area contributed by atoms with E-state index in [9.17, 15) is 14.9 Å². The average Bonchev–Trinajstić information content (AvgIpc) is 2.98. The van der Waals surface area contributed by atoms with Crippen molar-refractivity contribution in [2.75, 3.05) is 13.2 Å². The second-order valence-electron chi connectivity index (χ2n) is 5.68. The molecule has 0 spiro atoms. The van der Waals surface area contributed by atoms with Crippen LogP contribution in [0.15, 0.2) is 45.9 Å². The molecule has 0 aliphatic carbocycles. The van der Waals surface area contributed by atoms with Gasteiger partial charge in [0, 0.05) is 29.8 Å². The second kappa shape index (κ2) is 8.95. The number of carbonyl (C=O) groups is 1. The number of rotatable bonds is 6. The molecule has 1 amide bonds. The van der Waals surface area contributed by atoms with Crippen molar-refractivity contribution in [3.8, 4) is 0 Å². The van der Waals surface area contributed by atoms with Crippen molar-refractivity contribution in [1.82, 2.24) is 4.57 Å². The largest absolute Gasteiger partial charge is 0.380 e. The van der Waals surface area contributed by atoms with Crippen LogP contribution in [0.2, 0.25) is 5.02 Å². The summed E-state index contributed by atoms with van der Waals surface area (Å²) in [5, 5.41) is 11.1. The average molecular weight is 485 g/mol. The SMILES string of the molecule is CCOCCn1c(=NC(=O)c2cc([N+](=O)[O-])ccc2Cl)sc2cc(Br)ccc21. The maximum absolute atomic E-state index is 12.7. The van der Waals surface area contributed by atoms with Crippen molar-refractivity contribution in [2.45, 2.75) is 13.5 Å². The molecule has 0 fully saturated rings. The Bertz CT molecular complexity index is 1130. The van der Waals surface area contributed by atoms with Crippen molar-refractivity contribution >= 4 is 60.7 Å². The Kier molecular flexibility index (Phi) is 6.61. The number of amides is 1. The number of benzene rings is 2. The number of nitro benzene ring substituents is 1. The van der Waals surface area contributed by atoms with E-state index in [1.165, 1.54) is 23.5 Å². The number of thiazole rings is 1. The smallest absolute Gasteiger partial charge is 0.281 e. The highest BCUT2D eigenvalue weighted by Crippen LogP contribution is 2.24. The summed E-state index contributed by atoms with van der Waals surface area (Å²) in [5.41, 5.74) is 0.697. The third kappa shape index (κ3) is 4.49. The number of carbonyl (C=O) groups excluding carboxylic acids is 1. The minimum absolute atomic E-state index is 0.00846. The van der Waals surface area contributed by atoms with Crippen molar-refractivity contribution < 1.29 is 14.5 Å². The van der Waals surface area contributed by atoms with Crippen LogP contribution in [-0.4, -0.2) is 28.6 Å². The van der Waals surface area contributed by atoms with Crippen LogP contribution < -0.4 is 4.80 Å². The Morgan fingerprint density at radius 1 is 1.36 bits per heavy atom. The number of nitrogens with zero attached hydrogens (tertiary/aromatic N) is 3. The Labute approximate surface area is 177 Å². The van der Waals surface area contributed by atoms with E-state index in [1.807, 2.05) is 29.7 Å². The molecule has 0 atom stereocenters. The number of ether oxygens (including phenoxy) is 1. The summed E-state index contributed by atoms with van der Waals surface area (Å²) in [5.74, 6) is -0.635. The fourth-order valence-corrected chi connectivity index (χ4v) is 4.39. The van der Waals surface area contributed by atoms with Gasteiger partial charge < -0.3 is 9.30 Å². The molecule has 0 radical (unpaired) electrons. The highest BCUT2D eigenvalue weighted by molar-refractivity contribution is 9.10. The normalized spacial score (nSPS) is 11.9. The molecule has 7 nitrogen and oxygen atoms in total. The molecule has 0 saturated heterocycles. The van der Waals surface area contributed by atoms with Gasteiger partial charge in [-0.25, -0.2) is 0 Å². The summed E-state index contributed by atoms with van der Waals surface area (Å²) < 4.78 is 9.19. The molecule has 0 saturated carbocycles. The van der Waals surface area contributed by atoms with Gasteiger partial charge in [-0.1, -0.05) is 38.9 Å². The van der Waals surface area contributed by atoms with Crippen molar-refractivity contribution in [2.24, 2.45) is 4.99 Å². The third-order valence-corrected chi connectivity index (χ3v) is 5.76. The topological polar surface area (TPSA) is 86.7 Å². The van der Waals surface area contributed by atoms with Gasteiger partial charge in [-0.05, 0) is 31.2 Å². The maximum Gasteiger partial charge on any atom is 0.281 e. The Hall–Kier alpha value is -2.07. The van der Waals surface area contributed by atoms with Crippen molar-refractivity contribution in [3.05, 3.63) is 66.4 Å². The molecular formula is C18H15BrClN3O4S. The summed E-state index contributed by atoms with van der Waals surface area (Å²) in [6.45, 7) is 3.48. The van der Waals surface area contributed by atoms with Gasteiger partial charge in [0.05, 0.1) is 32.3 Å². The molecule has 10 heteroatoms. The molecule has 1 aromatic heterocycles. The van der Waals surface area contributed by atoms with Crippen LogP contribution in [0, 0.1) is 10.1 Å². The molecule has 2 aromatic carbocycles. The molecule has 0 bridgehead atoms. The lowest BCUT2D eigenvalue weighted by atomic mass is 10.2. The van der Waals surface area contributed by atoms with Gasteiger partial charge in [0.25, 0.3) is 11.6 Å². The van der Waals surface area contributed by atoms with E-state index in [2.05, 4.69) is 20.9 Å². The molecule has 0 aliphatic heterocycles. The van der Waals surface area contributed by atoms with Crippen LogP contribution in [-0.2, 0) is 11.3 Å². The Morgan fingerprint density at radius 2 is 2.14 bits per heavy atom. The molecule has 0 unspecified atom stereocenters. The number of nitro groups is 1. The van der Waals surface area contributed by atoms with Crippen LogP contribution in [0.1, 0.15) is 17.3 Å². The first kappa shape index (κ1) is 20.7. The zero-order valence-electron chi connectivity index (χ0n) is 14.7. The Morgan fingerprint density at radius 3 is 2.86 bits per heavy atom. The lowest BCUT2D eigenvalue weighted by Crippen LogP contribution is -2.19. The lowest BCUT2D eigenvalue weighted by Gasteiger charge is -2.05. The minimum atomic E-state index is -0.635. The number of non-ortho nitro benzene ring substituents is 1. The zero-order valence-corrected chi connectivity index (χ0v) is 17.9. The number of fused-ring (bicyclic) bond motifs is 1. The number of hydrogen-bond donors (Lipinski definition) is 0. The molecular weight excluding hydrogens is 470 g/mol. The van der Waals surface area contributed by atoms with E-state index in [-0.39, 0.29) is 16.3 Å². The molecule has 28 heavy (non-hydrogen) atoms. The van der Waals surface area contributed by atoms with Crippen LogP contribution in [0.3, 0.4) is 0 Å². The second-order valence-corrected chi connectivity index (χ2v) is 8.02. The summed E-state index contributed by atoms with van der Waals surface area (Å²) in [4.78, 5) is 27.8. The fourth-order valence-electron chi connectivity index (χ4n) is 2.59. The molecule has 0 N–H and O–H groups in total. The van der Waals surface area contributed by atoms with E-state index in [4.69, 9.17) is 16.3 Å². The van der Waals surface area contributed by atoms with Crippen molar-refractivity contribution in [1.29, 1.82) is 0 Å². The molecule has 3 aromatic rings. The molecule has 1 heterocycles. The van der Waals surface area contributed by atoms with Crippen molar-refractivity contribution in [3.63, 3.8) is 0 Å². The highest BCUT2D eigenvalue weighted by atomic mass is 79.9. The minimum Gasteiger partial charge on any atom is -0.380 e. The van der Waals surface area contributed by atoms with Gasteiger partial charge in [-0.15, -0.1) is 0 Å². The summed E-state index contributed by atoms with van der Waals surface area (Å²) in [6, 6.07) is 9.51. The van der Waals surface area contributed by atoms with E-state index in [0.717, 1.165) is 20.8 Å². The van der Waals surface area contributed by atoms with Gasteiger partial charge in [0.2, 0.25) is 0 Å². The quantitative estimate of drug-likeness (QED) is 0.285. The highest BCUT2D eigenvalue weighted by Gasteiger charge is 2.16. The lowest BCUT2D eigenvalue weighted by molar-refractivity contribution is -0.384. The first-order chi connectivity index (χ1) is 13.4. The predicted octanol–water partition coefficient (Wildman–Crippen LogP) is 4.80. The third-order valence-electron chi connectivity index (χ3n) is 3.90. The summed E-state index contributed by atoms with van der Waals surface area (Å²) in [6.07, 6.45) is 0. The van der Waals surface area contributed by atoms with E-state index in [0.29, 0.717) is 24.6 Å². The van der Waals surface area contributed by atoms with E-state index in [1.54, 1.807) is 0 Å². The number of hydrogen-bond acceptors (Lipinski definition) is 5. The number of halogens is 2. The van der Waals surface area contributed by atoms with Gasteiger partial charge >= 0.3 is 0 Å². The van der Waals surface area contributed by atoms with Crippen LogP contribution >= 0.6 is 38.9 Å². The number of aromatic nitrogens is 1. The summed E-state index contributed by atoms with van der Waals surface area (Å²) >= 11 is 10.9. The fraction of sp³-hybridized carbons (Fsp3) is 0.222. The first-order valence-corrected chi connectivity index (χ1v) is 10.3. The molecule has 3 rings (SSSR count). The molecule has 146 valence electrons. The predicted molar refractivity (Wildman–Crippen MR) is 112 cm³/mol. The van der Waals surface area contributed by atoms with E-state index < -0.39 is 10.8 Å². The maximum atomic E-state index is 12.7. The van der Waals surface area contributed by atoms with E-state index >= 15 is 0 Å². The monoisotopic (exact) mass is 483 g/mol. The van der Waals surface area contributed by atoms with Gasteiger partial charge in [0.1, 0.15) is 0 Å². The zero-order chi connectivity index (χ0) is 20.3. The van der Waals surface area contributed by atoms with Crippen LogP contribution in [0.5, 0.6) is 0 Å².